The van der Waals surface area contributed by atoms with Gasteiger partial charge in [-0.05, 0) is 24.6 Å². The normalized spacial score (nSPS) is 10.6. The lowest BCUT2D eigenvalue weighted by molar-refractivity contribution is 0.0941. The molecule has 0 fully saturated rings. The highest BCUT2D eigenvalue weighted by Crippen LogP contribution is 2.21. The number of nitrogens with one attached hydrogen (secondary N) is 1. The Bertz CT molecular complexity index is 787. The number of carbonyl (C=O) groups is 1. The molecule has 1 N–H and O–H groups in total. The van der Waals surface area contributed by atoms with Gasteiger partial charge in [-0.3, -0.25) is 9.48 Å². The van der Waals surface area contributed by atoms with Gasteiger partial charge in [0.15, 0.2) is 5.76 Å². The molecule has 22 heavy (non-hydrogen) atoms. The Hall–Kier alpha value is -2.82. The summed E-state index contributed by atoms with van der Waals surface area (Å²) in [6.07, 6.45) is 0. The highest BCUT2D eigenvalue weighted by molar-refractivity contribution is 5.93. The fraction of sp³-hybridized carbons (Fsp3) is 0.176. The summed E-state index contributed by atoms with van der Waals surface area (Å²) in [5.41, 5.74) is 2.21. The molecule has 2 heterocycles. The van der Waals surface area contributed by atoms with E-state index in [1.165, 1.54) is 0 Å². The number of furan rings is 1. The first-order valence-corrected chi connectivity index (χ1v) is 7.06. The predicted molar refractivity (Wildman–Crippen MR) is 83.3 cm³/mol. The predicted octanol–water partition coefficient (Wildman–Crippen LogP) is 2.92. The van der Waals surface area contributed by atoms with Crippen LogP contribution in [0.1, 0.15) is 21.8 Å². The molecule has 0 aliphatic heterocycles. The van der Waals surface area contributed by atoms with Gasteiger partial charge >= 0.3 is 0 Å². The zero-order valence-corrected chi connectivity index (χ0v) is 12.5. The van der Waals surface area contributed by atoms with Crippen molar-refractivity contribution in [1.82, 2.24) is 15.1 Å². The molecule has 1 amide bonds. The SMILES string of the molecule is Cc1ccc(-c2cc(C(=O)NCc3ccccc3)n(C)n2)o1. The Kier molecular flexibility index (Phi) is 3.78. The highest BCUT2D eigenvalue weighted by atomic mass is 16.3. The average Bonchev–Trinajstić information content (AvgIpc) is 3.12. The molecule has 0 radical (unpaired) electrons. The molecule has 2 aromatic heterocycles. The second kappa shape index (κ2) is 5.89. The molecule has 0 atom stereocenters. The molecule has 5 heteroatoms. The molecule has 1 aromatic carbocycles. The minimum Gasteiger partial charge on any atom is -0.460 e. The molecule has 0 saturated heterocycles. The maximum Gasteiger partial charge on any atom is 0.269 e. The summed E-state index contributed by atoms with van der Waals surface area (Å²) in [4.78, 5) is 12.3. The largest absolute Gasteiger partial charge is 0.460 e. The smallest absolute Gasteiger partial charge is 0.269 e. The Morgan fingerprint density at radius 1 is 1.23 bits per heavy atom. The second-order valence-corrected chi connectivity index (χ2v) is 5.12. The number of aromatic nitrogens is 2. The Morgan fingerprint density at radius 2 is 2.00 bits per heavy atom. The van der Waals surface area contributed by atoms with E-state index < -0.39 is 0 Å². The molecule has 0 unspecified atom stereocenters. The van der Waals surface area contributed by atoms with Crippen LogP contribution in [0.25, 0.3) is 11.5 Å². The van der Waals surface area contributed by atoms with Crippen molar-refractivity contribution in [2.45, 2.75) is 13.5 Å². The monoisotopic (exact) mass is 295 g/mol. The van der Waals surface area contributed by atoms with E-state index in [2.05, 4.69) is 10.4 Å². The van der Waals surface area contributed by atoms with Crippen molar-refractivity contribution in [3.63, 3.8) is 0 Å². The lowest BCUT2D eigenvalue weighted by atomic mass is 10.2. The molecule has 0 bridgehead atoms. The van der Waals surface area contributed by atoms with E-state index in [1.807, 2.05) is 49.4 Å². The number of rotatable bonds is 4. The van der Waals surface area contributed by atoms with Crippen molar-refractivity contribution in [1.29, 1.82) is 0 Å². The van der Waals surface area contributed by atoms with Gasteiger partial charge in [0.05, 0.1) is 0 Å². The number of benzene rings is 1. The molecule has 0 spiro atoms. The summed E-state index contributed by atoms with van der Waals surface area (Å²) in [6, 6.07) is 15.2. The summed E-state index contributed by atoms with van der Waals surface area (Å²) in [5, 5.41) is 7.23. The molecule has 0 aliphatic carbocycles. The minimum absolute atomic E-state index is 0.159. The third-order valence-corrected chi connectivity index (χ3v) is 3.40. The van der Waals surface area contributed by atoms with Gasteiger partial charge < -0.3 is 9.73 Å². The van der Waals surface area contributed by atoms with Crippen molar-refractivity contribution in [2.24, 2.45) is 7.05 Å². The molecule has 5 nitrogen and oxygen atoms in total. The van der Waals surface area contributed by atoms with Gasteiger partial charge in [0.25, 0.3) is 5.91 Å². The van der Waals surface area contributed by atoms with E-state index >= 15 is 0 Å². The van der Waals surface area contributed by atoms with Gasteiger partial charge in [0, 0.05) is 19.7 Å². The van der Waals surface area contributed by atoms with E-state index in [9.17, 15) is 4.79 Å². The first kappa shape index (κ1) is 14.1. The lowest BCUT2D eigenvalue weighted by Gasteiger charge is -2.05. The van der Waals surface area contributed by atoms with Crippen LogP contribution in [0.15, 0.2) is 52.9 Å². The summed E-state index contributed by atoms with van der Waals surface area (Å²) in [6.45, 7) is 2.36. The Balaban J connectivity index is 1.74. The molecule has 0 saturated carbocycles. The first-order chi connectivity index (χ1) is 10.6. The van der Waals surface area contributed by atoms with Crippen molar-refractivity contribution < 1.29 is 9.21 Å². The number of hydrogen-bond acceptors (Lipinski definition) is 3. The van der Waals surface area contributed by atoms with E-state index in [0.717, 1.165) is 11.3 Å². The summed E-state index contributed by atoms with van der Waals surface area (Å²) < 4.78 is 7.10. The van der Waals surface area contributed by atoms with Crippen LogP contribution >= 0.6 is 0 Å². The van der Waals surface area contributed by atoms with Crippen molar-refractivity contribution in [3.05, 3.63) is 65.5 Å². The number of amides is 1. The van der Waals surface area contributed by atoms with Crippen LogP contribution in [0.3, 0.4) is 0 Å². The third-order valence-electron chi connectivity index (χ3n) is 3.40. The first-order valence-electron chi connectivity index (χ1n) is 7.06. The summed E-state index contributed by atoms with van der Waals surface area (Å²) >= 11 is 0. The lowest BCUT2D eigenvalue weighted by Crippen LogP contribution is -2.25. The maximum absolute atomic E-state index is 12.3. The van der Waals surface area contributed by atoms with Crippen LogP contribution in [0.4, 0.5) is 0 Å². The quantitative estimate of drug-likeness (QED) is 0.805. The van der Waals surface area contributed by atoms with E-state index in [1.54, 1.807) is 17.8 Å². The summed E-state index contributed by atoms with van der Waals surface area (Å²) in [7, 11) is 1.75. The molecule has 112 valence electrons. The van der Waals surface area contributed by atoms with Crippen LogP contribution in [-0.2, 0) is 13.6 Å². The summed E-state index contributed by atoms with van der Waals surface area (Å²) in [5.74, 6) is 1.32. The minimum atomic E-state index is -0.159. The van der Waals surface area contributed by atoms with Crippen LogP contribution in [0.5, 0.6) is 0 Å². The third kappa shape index (κ3) is 2.93. The van der Waals surface area contributed by atoms with Crippen LogP contribution in [0.2, 0.25) is 0 Å². The molecule has 3 rings (SSSR count). The van der Waals surface area contributed by atoms with Crippen LogP contribution in [-0.4, -0.2) is 15.7 Å². The highest BCUT2D eigenvalue weighted by Gasteiger charge is 2.15. The number of hydrogen-bond donors (Lipinski definition) is 1. The molecule has 0 aliphatic rings. The van der Waals surface area contributed by atoms with Crippen LogP contribution < -0.4 is 5.32 Å². The topological polar surface area (TPSA) is 60.1 Å². The Labute approximate surface area is 128 Å². The van der Waals surface area contributed by atoms with Crippen LogP contribution in [0, 0.1) is 6.92 Å². The van der Waals surface area contributed by atoms with Crippen molar-refractivity contribution >= 4 is 5.91 Å². The number of carbonyl (C=O) groups excluding carboxylic acids is 1. The number of nitrogens with zero attached hydrogens (tertiary/aromatic N) is 2. The molecular formula is C17H17N3O2. The average molecular weight is 295 g/mol. The van der Waals surface area contributed by atoms with E-state index in [4.69, 9.17) is 4.42 Å². The Morgan fingerprint density at radius 3 is 2.68 bits per heavy atom. The van der Waals surface area contributed by atoms with Gasteiger partial charge in [0.1, 0.15) is 17.1 Å². The zero-order valence-electron chi connectivity index (χ0n) is 12.5. The van der Waals surface area contributed by atoms with Gasteiger partial charge in [0.2, 0.25) is 0 Å². The van der Waals surface area contributed by atoms with E-state index in [0.29, 0.717) is 23.7 Å². The maximum atomic E-state index is 12.3. The van der Waals surface area contributed by atoms with Gasteiger partial charge in [-0.15, -0.1) is 0 Å². The van der Waals surface area contributed by atoms with Crippen molar-refractivity contribution in [3.8, 4) is 11.5 Å². The zero-order chi connectivity index (χ0) is 15.5. The fourth-order valence-corrected chi connectivity index (χ4v) is 2.24. The van der Waals surface area contributed by atoms with Gasteiger partial charge in [-0.25, -0.2) is 0 Å². The van der Waals surface area contributed by atoms with Gasteiger partial charge in [-0.1, -0.05) is 30.3 Å². The standard InChI is InChI=1S/C17H17N3O2/c1-12-8-9-16(22-12)14-10-15(20(2)19-14)17(21)18-11-13-6-4-3-5-7-13/h3-10H,11H2,1-2H3,(H,18,21). The number of aryl methyl sites for hydroxylation is 2. The second-order valence-electron chi connectivity index (χ2n) is 5.12. The molecular weight excluding hydrogens is 278 g/mol. The fourth-order valence-electron chi connectivity index (χ4n) is 2.24. The molecule has 3 aromatic rings. The van der Waals surface area contributed by atoms with E-state index in [-0.39, 0.29) is 5.91 Å². The van der Waals surface area contributed by atoms with Crippen molar-refractivity contribution in [2.75, 3.05) is 0 Å². The van der Waals surface area contributed by atoms with Gasteiger partial charge in [-0.2, -0.15) is 5.10 Å².